The third-order valence-corrected chi connectivity index (χ3v) is 2.79. The summed E-state index contributed by atoms with van der Waals surface area (Å²) in [7, 11) is 0. The van der Waals surface area contributed by atoms with E-state index in [1.54, 1.807) is 13.0 Å². The Morgan fingerprint density at radius 3 is 2.50 bits per heavy atom. The van der Waals surface area contributed by atoms with Crippen molar-refractivity contribution in [3.05, 3.63) is 41.6 Å². The van der Waals surface area contributed by atoms with E-state index in [1.807, 2.05) is 12.3 Å². The highest BCUT2D eigenvalue weighted by molar-refractivity contribution is 5.82. The lowest BCUT2D eigenvalue weighted by molar-refractivity contribution is 0.112. The third-order valence-electron chi connectivity index (χ3n) is 2.79. The number of hydrogen-bond donors (Lipinski definition) is 1. The minimum Gasteiger partial charge on any atom is -0.504 e. The smallest absolute Gasteiger partial charge is 0.177 e. The van der Waals surface area contributed by atoms with E-state index in [1.165, 1.54) is 17.3 Å². The van der Waals surface area contributed by atoms with Crippen molar-refractivity contribution in [2.24, 2.45) is 0 Å². The number of ether oxygens (including phenoxy) is 1. The van der Waals surface area contributed by atoms with Gasteiger partial charge in [-0.1, -0.05) is 5.92 Å². The average Bonchev–Trinajstić information content (AvgIpc) is 2.45. The van der Waals surface area contributed by atoms with E-state index >= 15 is 0 Å². The summed E-state index contributed by atoms with van der Waals surface area (Å²) in [6, 6.07) is 7.09. The van der Waals surface area contributed by atoms with E-state index in [4.69, 9.17) is 11.2 Å². The fraction of sp³-hybridized carbons (Fsp3) is 0.125. The Morgan fingerprint density at radius 1 is 1.40 bits per heavy atom. The Hall–Kier alpha value is -2.80. The standard InChI is InChI=1S/C11H10O3.C5H3N/c1-3-8-5-6-9(7-12)10(13)11(8)14-4-2;1-2-5-4(1)3-6-5/h1,5-7,13H,4H2,2H3;1-3H. The molecular formula is C16H13NO3. The van der Waals surface area contributed by atoms with Crippen LogP contribution in [0.1, 0.15) is 22.8 Å². The van der Waals surface area contributed by atoms with Crippen molar-refractivity contribution in [1.82, 2.24) is 4.98 Å². The Morgan fingerprint density at radius 2 is 2.15 bits per heavy atom. The summed E-state index contributed by atoms with van der Waals surface area (Å²) < 4.78 is 5.15. The molecule has 0 fully saturated rings. The lowest BCUT2D eigenvalue weighted by atomic mass is 10.1. The maximum atomic E-state index is 10.5. The Kier molecular flexibility index (Phi) is 4.02. The van der Waals surface area contributed by atoms with Crippen molar-refractivity contribution in [2.75, 3.05) is 6.61 Å². The van der Waals surface area contributed by atoms with E-state index in [0.29, 0.717) is 18.5 Å². The van der Waals surface area contributed by atoms with Crippen LogP contribution in [0.2, 0.25) is 0 Å². The molecule has 0 amide bonds. The average molecular weight is 267 g/mol. The van der Waals surface area contributed by atoms with Crippen LogP contribution in [0, 0.1) is 12.3 Å². The Balaban J connectivity index is 0.000000198. The van der Waals surface area contributed by atoms with Crippen LogP contribution in [0.3, 0.4) is 0 Å². The van der Waals surface area contributed by atoms with Crippen molar-refractivity contribution >= 4 is 6.29 Å². The number of rotatable bonds is 3. The van der Waals surface area contributed by atoms with Gasteiger partial charge in [0.2, 0.25) is 0 Å². The van der Waals surface area contributed by atoms with Crippen molar-refractivity contribution in [1.29, 1.82) is 0 Å². The fourth-order valence-corrected chi connectivity index (χ4v) is 1.64. The first kappa shape index (κ1) is 13.6. The molecule has 100 valence electrons. The molecule has 0 unspecified atom stereocenters. The Labute approximate surface area is 117 Å². The van der Waals surface area contributed by atoms with Gasteiger partial charge in [-0.2, -0.15) is 0 Å². The minimum absolute atomic E-state index is 0.174. The van der Waals surface area contributed by atoms with Crippen LogP contribution >= 0.6 is 0 Å². The molecule has 0 bridgehead atoms. The number of phenolic OH excluding ortho intramolecular Hbond substituents is 1. The van der Waals surface area contributed by atoms with Crippen LogP contribution in [-0.2, 0) is 0 Å². The molecule has 0 spiro atoms. The van der Waals surface area contributed by atoms with Gasteiger partial charge in [-0.3, -0.25) is 9.78 Å². The van der Waals surface area contributed by atoms with Crippen molar-refractivity contribution in [2.45, 2.75) is 6.92 Å². The van der Waals surface area contributed by atoms with Crippen molar-refractivity contribution < 1.29 is 14.6 Å². The first-order valence-electron chi connectivity index (χ1n) is 6.08. The topological polar surface area (TPSA) is 59.4 Å². The normalized spacial score (nSPS) is 9.80. The molecule has 1 aliphatic carbocycles. The van der Waals surface area contributed by atoms with Crippen LogP contribution < -0.4 is 4.74 Å². The highest BCUT2D eigenvalue weighted by Crippen LogP contribution is 2.32. The van der Waals surface area contributed by atoms with Crippen LogP contribution in [0.15, 0.2) is 30.5 Å². The molecule has 3 rings (SSSR count). The fourth-order valence-electron chi connectivity index (χ4n) is 1.64. The molecule has 0 aromatic heterocycles. The van der Waals surface area contributed by atoms with Gasteiger partial charge in [0, 0.05) is 11.8 Å². The van der Waals surface area contributed by atoms with Gasteiger partial charge in [0.15, 0.2) is 17.8 Å². The van der Waals surface area contributed by atoms with Gasteiger partial charge < -0.3 is 9.84 Å². The summed E-state index contributed by atoms with van der Waals surface area (Å²) in [6.07, 6.45) is 7.64. The number of terminal acetylenes is 1. The zero-order valence-corrected chi connectivity index (χ0v) is 11.0. The summed E-state index contributed by atoms with van der Waals surface area (Å²) in [5, 5.41) is 9.58. The second kappa shape index (κ2) is 5.89. The van der Waals surface area contributed by atoms with E-state index in [2.05, 4.69) is 17.0 Å². The molecule has 1 N–H and O–H groups in total. The number of phenols is 1. The van der Waals surface area contributed by atoms with Crippen LogP contribution in [-0.4, -0.2) is 23.0 Å². The zero-order valence-electron chi connectivity index (χ0n) is 11.0. The number of aromatic nitrogens is 1. The molecule has 1 aromatic rings. The second-order valence-corrected chi connectivity index (χ2v) is 4.01. The number of benzene rings is 1. The number of aromatic hydroxyl groups is 1. The zero-order chi connectivity index (χ0) is 14.5. The maximum Gasteiger partial charge on any atom is 0.177 e. The third kappa shape index (κ3) is 2.47. The summed E-state index contributed by atoms with van der Waals surface area (Å²) in [6.45, 7) is 2.15. The van der Waals surface area contributed by atoms with Gasteiger partial charge in [0.25, 0.3) is 0 Å². The Bertz CT molecular complexity index is 648. The van der Waals surface area contributed by atoms with Crippen molar-refractivity contribution in [3.8, 4) is 35.1 Å². The van der Waals surface area contributed by atoms with Crippen LogP contribution in [0.4, 0.5) is 0 Å². The summed E-state index contributed by atoms with van der Waals surface area (Å²) in [4.78, 5) is 14.4. The maximum absolute atomic E-state index is 10.5. The molecule has 0 radical (unpaired) electrons. The van der Waals surface area contributed by atoms with Crippen LogP contribution in [0.5, 0.6) is 11.5 Å². The lowest BCUT2D eigenvalue weighted by Crippen LogP contribution is -1.96. The second-order valence-electron chi connectivity index (χ2n) is 4.01. The van der Waals surface area contributed by atoms with Crippen molar-refractivity contribution in [3.63, 3.8) is 0 Å². The van der Waals surface area contributed by atoms with Gasteiger partial charge in [-0.05, 0) is 31.2 Å². The minimum atomic E-state index is -0.197. The number of carbonyl (C=O) groups is 1. The van der Waals surface area contributed by atoms with Gasteiger partial charge in [-0.25, -0.2) is 0 Å². The highest BCUT2D eigenvalue weighted by Gasteiger charge is 2.11. The van der Waals surface area contributed by atoms with Gasteiger partial charge in [0.05, 0.1) is 23.4 Å². The number of pyridine rings is 1. The molecule has 4 heteroatoms. The van der Waals surface area contributed by atoms with E-state index in [-0.39, 0.29) is 17.1 Å². The number of carbonyl (C=O) groups excluding carboxylic acids is 1. The van der Waals surface area contributed by atoms with Crippen LogP contribution in [0.25, 0.3) is 11.3 Å². The summed E-state index contributed by atoms with van der Waals surface area (Å²) in [5.74, 6) is 2.37. The van der Waals surface area contributed by atoms with Gasteiger partial charge in [0.1, 0.15) is 0 Å². The molecular weight excluding hydrogens is 254 g/mol. The molecule has 1 aliphatic heterocycles. The molecule has 2 aliphatic rings. The molecule has 20 heavy (non-hydrogen) atoms. The summed E-state index contributed by atoms with van der Waals surface area (Å²) >= 11 is 0. The predicted octanol–water partition coefficient (Wildman–Crippen LogP) is 2.65. The number of aldehydes is 1. The quantitative estimate of drug-likeness (QED) is 0.585. The molecule has 1 aromatic carbocycles. The van der Waals surface area contributed by atoms with E-state index < -0.39 is 0 Å². The molecule has 0 saturated heterocycles. The monoisotopic (exact) mass is 267 g/mol. The molecule has 0 saturated carbocycles. The number of nitrogens with zero attached hydrogens (tertiary/aromatic N) is 1. The first-order chi connectivity index (χ1) is 9.71. The number of hydrogen-bond acceptors (Lipinski definition) is 4. The molecule has 4 nitrogen and oxygen atoms in total. The van der Waals surface area contributed by atoms with E-state index in [9.17, 15) is 9.90 Å². The molecule has 0 atom stereocenters. The SMILES string of the molecule is C#Cc1ccc(C=O)c(O)c1OCC.c1cc2ncc1-2. The lowest BCUT2D eigenvalue weighted by Gasteiger charge is -2.09. The number of fused-ring (bicyclic) bond motifs is 1. The van der Waals surface area contributed by atoms with Gasteiger partial charge >= 0.3 is 0 Å². The largest absolute Gasteiger partial charge is 0.504 e. The van der Waals surface area contributed by atoms with E-state index in [0.717, 1.165) is 0 Å². The van der Waals surface area contributed by atoms with Gasteiger partial charge in [-0.15, -0.1) is 6.42 Å². The predicted molar refractivity (Wildman–Crippen MR) is 75.8 cm³/mol. The highest BCUT2D eigenvalue weighted by atomic mass is 16.5. The first-order valence-corrected chi connectivity index (χ1v) is 6.08. The summed E-state index contributed by atoms with van der Waals surface area (Å²) in [5.41, 5.74) is 3.10. The molecule has 1 heterocycles.